The quantitative estimate of drug-likeness (QED) is 0.807. The Labute approximate surface area is 128 Å². The molecule has 6 rings (SSSR count). The normalized spacial score (nSPS) is 61.4. The lowest BCUT2D eigenvalue weighted by Crippen LogP contribution is -2.52. The van der Waals surface area contributed by atoms with Gasteiger partial charge in [0.05, 0.1) is 0 Å². The van der Waals surface area contributed by atoms with Crippen molar-refractivity contribution in [2.75, 3.05) is 13.1 Å². The molecular weight excluding hydrogens is 258 g/mol. The number of fused-ring (bicyclic) bond motifs is 6. The van der Waals surface area contributed by atoms with E-state index in [1.807, 2.05) is 0 Å². The van der Waals surface area contributed by atoms with Crippen LogP contribution in [-0.4, -0.2) is 48.2 Å². The summed E-state index contributed by atoms with van der Waals surface area (Å²) in [6.07, 6.45) is 10.6. The molecule has 2 saturated carbocycles. The molecule has 3 nitrogen and oxygen atoms in total. The van der Waals surface area contributed by atoms with Crippen LogP contribution in [0.4, 0.5) is 0 Å². The first-order valence-corrected chi connectivity index (χ1v) is 9.60. The van der Waals surface area contributed by atoms with E-state index < -0.39 is 0 Å². The van der Waals surface area contributed by atoms with Gasteiger partial charge in [-0.2, -0.15) is 0 Å². The van der Waals surface area contributed by atoms with Crippen molar-refractivity contribution in [1.29, 1.82) is 0 Å². The summed E-state index contributed by atoms with van der Waals surface area (Å²) in [5.74, 6) is 4.25. The minimum Gasteiger partial charge on any atom is -0.311 e. The highest BCUT2D eigenvalue weighted by molar-refractivity contribution is 5.10. The van der Waals surface area contributed by atoms with Gasteiger partial charge in [0, 0.05) is 43.3 Å². The summed E-state index contributed by atoms with van der Waals surface area (Å²) in [5, 5.41) is 7.59. The Morgan fingerprint density at radius 2 is 1.76 bits per heavy atom. The molecular formula is C18H29N3. The topological polar surface area (TPSA) is 27.3 Å². The van der Waals surface area contributed by atoms with Gasteiger partial charge >= 0.3 is 0 Å². The van der Waals surface area contributed by atoms with Crippen molar-refractivity contribution >= 4 is 0 Å². The molecule has 0 aromatic heterocycles. The predicted octanol–water partition coefficient (Wildman–Crippen LogP) is 1.59. The van der Waals surface area contributed by atoms with Crippen molar-refractivity contribution in [3.05, 3.63) is 0 Å². The van der Waals surface area contributed by atoms with Crippen LogP contribution in [-0.2, 0) is 0 Å². The number of piperazine rings is 1. The van der Waals surface area contributed by atoms with Crippen molar-refractivity contribution in [3.8, 4) is 0 Å². The Morgan fingerprint density at radius 3 is 2.43 bits per heavy atom. The molecule has 2 N–H and O–H groups in total. The van der Waals surface area contributed by atoms with Crippen molar-refractivity contribution in [3.63, 3.8) is 0 Å². The van der Waals surface area contributed by atoms with Crippen molar-refractivity contribution in [2.24, 2.45) is 23.7 Å². The van der Waals surface area contributed by atoms with Gasteiger partial charge in [0.15, 0.2) is 0 Å². The van der Waals surface area contributed by atoms with E-state index in [0.29, 0.717) is 0 Å². The minimum atomic E-state index is 0.830. The summed E-state index contributed by atoms with van der Waals surface area (Å²) in [4.78, 5) is 2.96. The van der Waals surface area contributed by atoms with Crippen LogP contribution < -0.4 is 10.6 Å². The standard InChI is InChI=1S/C18H29N3/c1-2-17-15(7-11(1)20-17)14-3-10-4-16(14)18(5-10)21-9-12-6-13(21)8-19-12/h10-20H,1-9H2/t10?,11?,12?,13?,14?,15?,16-,17?,18?/m0/s1. The van der Waals surface area contributed by atoms with E-state index in [-0.39, 0.29) is 0 Å². The second-order valence-corrected chi connectivity index (χ2v) is 9.11. The molecule has 8 unspecified atom stereocenters. The Hall–Kier alpha value is -0.120. The SMILES string of the molecule is C1CC2NC1CC2C1CC2CC(N3CC4CC3CN4)[C@H]1C2. The summed E-state index contributed by atoms with van der Waals surface area (Å²) in [7, 11) is 0. The van der Waals surface area contributed by atoms with Gasteiger partial charge in [-0.15, -0.1) is 0 Å². The average molecular weight is 287 g/mol. The molecule has 6 aliphatic rings. The third-order valence-electron chi connectivity index (χ3n) is 8.25. The molecule has 0 aromatic carbocycles. The lowest BCUT2D eigenvalue weighted by atomic mass is 9.71. The minimum absolute atomic E-state index is 0.830. The van der Waals surface area contributed by atoms with Crippen molar-refractivity contribution in [2.45, 2.75) is 75.2 Å². The van der Waals surface area contributed by atoms with E-state index in [9.17, 15) is 0 Å². The third-order valence-corrected chi connectivity index (χ3v) is 8.25. The molecule has 9 atom stereocenters. The largest absolute Gasteiger partial charge is 0.311 e. The Balaban J connectivity index is 1.23. The van der Waals surface area contributed by atoms with Crippen LogP contribution in [0.1, 0.15) is 44.9 Å². The van der Waals surface area contributed by atoms with Gasteiger partial charge in [-0.25, -0.2) is 0 Å². The van der Waals surface area contributed by atoms with Crippen LogP contribution in [0.15, 0.2) is 0 Å². The van der Waals surface area contributed by atoms with Gasteiger partial charge in [-0.1, -0.05) is 0 Å². The third kappa shape index (κ3) is 1.66. The van der Waals surface area contributed by atoms with Gasteiger partial charge < -0.3 is 10.6 Å². The molecule has 4 heterocycles. The van der Waals surface area contributed by atoms with E-state index in [1.165, 1.54) is 38.8 Å². The Bertz CT molecular complexity index is 414. The monoisotopic (exact) mass is 287 g/mol. The predicted molar refractivity (Wildman–Crippen MR) is 83.1 cm³/mol. The summed E-state index contributed by atoms with van der Waals surface area (Å²) in [5.41, 5.74) is 0. The van der Waals surface area contributed by atoms with Crippen LogP contribution >= 0.6 is 0 Å². The molecule has 0 spiro atoms. The zero-order valence-corrected chi connectivity index (χ0v) is 13.0. The number of nitrogens with one attached hydrogen (secondary N) is 2. The van der Waals surface area contributed by atoms with Gasteiger partial charge in [0.25, 0.3) is 0 Å². The molecule has 0 radical (unpaired) electrons. The van der Waals surface area contributed by atoms with Gasteiger partial charge in [0.1, 0.15) is 0 Å². The van der Waals surface area contributed by atoms with Gasteiger partial charge in [-0.3, -0.25) is 4.90 Å². The summed E-state index contributed by atoms with van der Waals surface area (Å²) >= 11 is 0. The van der Waals surface area contributed by atoms with Gasteiger partial charge in [0.2, 0.25) is 0 Å². The van der Waals surface area contributed by atoms with Crippen LogP contribution in [0.5, 0.6) is 0 Å². The van der Waals surface area contributed by atoms with E-state index >= 15 is 0 Å². The number of rotatable bonds is 2. The van der Waals surface area contributed by atoms with Crippen LogP contribution in [0, 0.1) is 23.7 Å². The molecule has 0 amide bonds. The van der Waals surface area contributed by atoms with Crippen LogP contribution in [0.25, 0.3) is 0 Å². The maximum atomic E-state index is 3.90. The summed E-state index contributed by atoms with van der Waals surface area (Å²) in [6.45, 7) is 2.64. The Kier molecular flexibility index (Phi) is 2.49. The average Bonchev–Trinajstić information content (AvgIpc) is 3.33. The number of hydrogen-bond acceptors (Lipinski definition) is 3. The molecule has 2 aliphatic carbocycles. The summed E-state index contributed by atoms with van der Waals surface area (Å²) in [6, 6.07) is 4.47. The molecule has 3 heteroatoms. The van der Waals surface area contributed by atoms with Crippen LogP contribution in [0.3, 0.4) is 0 Å². The van der Waals surface area contributed by atoms with Crippen molar-refractivity contribution < 1.29 is 0 Å². The Morgan fingerprint density at radius 1 is 0.810 bits per heavy atom. The molecule has 6 bridgehead atoms. The number of hydrogen-bond donors (Lipinski definition) is 2. The highest BCUT2D eigenvalue weighted by Gasteiger charge is 2.56. The highest BCUT2D eigenvalue weighted by atomic mass is 15.3. The maximum Gasteiger partial charge on any atom is 0.0239 e. The first kappa shape index (κ1) is 12.3. The molecule has 0 aromatic rings. The fourth-order valence-electron chi connectivity index (χ4n) is 7.58. The zero-order chi connectivity index (χ0) is 13.6. The maximum absolute atomic E-state index is 3.90. The highest BCUT2D eigenvalue weighted by Crippen LogP contribution is 2.57. The second-order valence-electron chi connectivity index (χ2n) is 9.11. The van der Waals surface area contributed by atoms with E-state index in [0.717, 1.165) is 53.9 Å². The summed E-state index contributed by atoms with van der Waals surface area (Å²) < 4.78 is 0. The molecule has 6 fully saturated rings. The van der Waals surface area contributed by atoms with Gasteiger partial charge in [-0.05, 0) is 68.6 Å². The van der Waals surface area contributed by atoms with E-state index in [2.05, 4.69) is 15.5 Å². The molecule has 21 heavy (non-hydrogen) atoms. The smallest absolute Gasteiger partial charge is 0.0239 e. The van der Waals surface area contributed by atoms with E-state index in [4.69, 9.17) is 0 Å². The zero-order valence-electron chi connectivity index (χ0n) is 13.0. The fourth-order valence-corrected chi connectivity index (χ4v) is 7.58. The second kappa shape index (κ2) is 4.24. The van der Waals surface area contributed by atoms with E-state index in [1.54, 1.807) is 19.3 Å². The molecule has 4 aliphatic heterocycles. The molecule has 4 saturated heterocycles. The first-order valence-electron chi connectivity index (χ1n) is 9.60. The lowest BCUT2D eigenvalue weighted by molar-refractivity contribution is 0.0638. The number of nitrogens with zero attached hydrogens (tertiary/aromatic N) is 1. The van der Waals surface area contributed by atoms with Crippen molar-refractivity contribution in [1.82, 2.24) is 15.5 Å². The van der Waals surface area contributed by atoms with Crippen LogP contribution in [0.2, 0.25) is 0 Å². The molecule has 116 valence electrons. The first-order chi connectivity index (χ1) is 10.3. The number of likely N-dealkylation sites (tertiary alicyclic amines) is 1. The fraction of sp³-hybridized carbons (Fsp3) is 1.00. The lowest BCUT2D eigenvalue weighted by Gasteiger charge is -2.43.